The summed E-state index contributed by atoms with van der Waals surface area (Å²) in [5, 5.41) is 100. The second-order valence-electron chi connectivity index (χ2n) is 1.50. The summed E-state index contributed by atoms with van der Waals surface area (Å²) < 4.78 is 0. The molecule has 4 radical (unpaired) electrons. The number of carbonyl (C=O) groups is 6. The summed E-state index contributed by atoms with van der Waals surface area (Å²) in [4.78, 5) is 50.0. The Bertz CT molecular complexity index is 271. The number of hydrogen-bond donors (Lipinski definition) is 0. The van der Waals surface area contributed by atoms with E-state index in [0.717, 1.165) is 0 Å². The van der Waals surface area contributed by atoms with Crippen LogP contribution in [0, 0.1) is 174 Å². The molecular weight excluding hydrogens is 1020 g/mol. The van der Waals surface area contributed by atoms with E-state index in [-0.39, 0.29) is 174 Å². The number of rotatable bonds is 0. The Balaban J connectivity index is -0.0000000169. The van der Waals surface area contributed by atoms with Crippen molar-refractivity contribution in [1.82, 2.24) is 0 Å². The van der Waals surface area contributed by atoms with Crippen LogP contribution < -0.4 is 61.3 Å². The van der Waals surface area contributed by atoms with Gasteiger partial charge in [0.2, 0.25) is 0 Å². The molecule has 0 aliphatic rings. The summed E-state index contributed by atoms with van der Waals surface area (Å²) >= 11 is 0. The van der Waals surface area contributed by atoms with Gasteiger partial charge in [0.25, 0.3) is 0 Å². The molecule has 176 valence electrons. The van der Waals surface area contributed by atoms with E-state index >= 15 is 0 Å². The second-order valence-corrected chi connectivity index (χ2v) is 1.50. The first-order chi connectivity index (χ1) is 10.4. The number of carbonyl (C=O) groups excluding carboxylic acids is 6. The summed E-state index contributed by atoms with van der Waals surface area (Å²) in [6.07, 6.45) is -14.0. The van der Waals surface area contributed by atoms with E-state index < -0.39 is 36.9 Å². The van der Waals surface area contributed by atoms with Gasteiger partial charge in [-0.25, -0.2) is 0 Å². The van der Waals surface area contributed by atoms with Gasteiger partial charge in [-0.1, -0.05) is 0 Å². The Morgan fingerprint density at radius 3 is 0.286 bits per heavy atom. The summed E-state index contributed by atoms with van der Waals surface area (Å²) in [5.41, 5.74) is 0. The molecule has 0 rings (SSSR count). The maximum Gasteiger partial charge on any atom is 3.00 e. The van der Waals surface area contributed by atoms with E-state index in [2.05, 4.69) is 0 Å². The molecule has 22 heteroatoms. The normalized spacial score (nSPS) is 5.14. The molecule has 0 unspecified atom stereocenters. The quantitative estimate of drug-likeness (QED) is 0.217. The largest absolute Gasteiger partial charge is 3.00 e. The number of hydrogen-bond acceptors (Lipinski definition) is 18. The molecule has 0 aromatic rings. The van der Waals surface area contributed by atoms with Crippen molar-refractivity contribution in [1.29, 1.82) is 0 Å². The zero-order valence-electron chi connectivity index (χ0n) is 11.6. The fourth-order valence-corrected chi connectivity index (χ4v) is 0. The maximum absolute atomic E-state index is 8.33. The molecule has 0 saturated heterocycles. The van der Waals surface area contributed by atoms with Crippen molar-refractivity contribution >= 4 is 36.9 Å². The van der Waals surface area contributed by atoms with E-state index in [1.807, 2.05) is 0 Å². The minimum absolute atomic E-state index is 0. The minimum atomic E-state index is -2.33. The summed E-state index contributed by atoms with van der Waals surface area (Å²) in [6, 6.07) is 0. The Hall–Kier alpha value is 1.31. The van der Waals surface area contributed by atoms with Crippen molar-refractivity contribution in [2.45, 2.75) is 0 Å². The van der Waals surface area contributed by atoms with Gasteiger partial charge in [0.1, 0.15) is 0 Å². The van der Waals surface area contributed by atoms with Crippen molar-refractivity contribution in [3.63, 3.8) is 0 Å². The van der Waals surface area contributed by atoms with Crippen molar-refractivity contribution in [2.75, 3.05) is 0 Å². The van der Waals surface area contributed by atoms with E-state index in [1.165, 1.54) is 0 Å². The average Bonchev–Trinajstić information content (AvgIpc) is 2.08. The standard InChI is InChI=1S/6CH2O3.2Gd.2Yb/c6*2-1(3)4;;;;/h6*(H2,2,3,4);;;;/q;;;;;;4*+3/p-12. The van der Waals surface area contributed by atoms with Crippen molar-refractivity contribution in [2.24, 2.45) is 0 Å². The Morgan fingerprint density at radius 2 is 0.286 bits per heavy atom. The molecule has 0 atom stereocenters. The van der Waals surface area contributed by atoms with Crippen LogP contribution in [0.5, 0.6) is 0 Å². The summed E-state index contributed by atoms with van der Waals surface area (Å²) in [5.74, 6) is 0. The van der Waals surface area contributed by atoms with Crippen LogP contribution in [0.4, 0.5) is 28.8 Å². The first-order valence-electron chi connectivity index (χ1n) is 3.67. The van der Waals surface area contributed by atoms with Crippen molar-refractivity contribution in [3.8, 4) is 0 Å². The topological polar surface area (TPSA) is 379 Å². The predicted molar refractivity (Wildman–Crippen MR) is 32.4 cm³/mol. The number of carboxylic acid groups (broad SMARTS) is 12. The first-order valence-corrected chi connectivity index (χ1v) is 3.67. The van der Waals surface area contributed by atoms with Crippen LogP contribution in [0.1, 0.15) is 0 Å². The van der Waals surface area contributed by atoms with Crippen LogP contribution >= 0.6 is 0 Å². The molecule has 0 aliphatic heterocycles. The zero-order chi connectivity index (χ0) is 21.5. The third-order valence-corrected chi connectivity index (χ3v) is 0. The molecule has 0 fully saturated rings. The third-order valence-electron chi connectivity index (χ3n) is 0. The van der Waals surface area contributed by atoms with Crippen molar-refractivity contribution < 1.29 is 264 Å². The molecule has 18 nitrogen and oxygen atoms in total. The van der Waals surface area contributed by atoms with Crippen LogP contribution in [0.2, 0.25) is 0 Å². The minimum Gasteiger partial charge on any atom is -0.652 e. The van der Waals surface area contributed by atoms with Gasteiger partial charge in [-0.3, -0.25) is 0 Å². The van der Waals surface area contributed by atoms with Gasteiger partial charge in [0.05, 0.1) is 0 Å². The van der Waals surface area contributed by atoms with E-state index in [1.54, 1.807) is 0 Å². The fourth-order valence-electron chi connectivity index (χ4n) is 0. The summed E-state index contributed by atoms with van der Waals surface area (Å²) in [7, 11) is 0. The van der Waals surface area contributed by atoms with Gasteiger partial charge in [-0.05, 0) is 36.9 Å². The molecule has 0 N–H and O–H groups in total. The average molecular weight is 1020 g/mol. The van der Waals surface area contributed by atoms with Crippen LogP contribution in [0.25, 0.3) is 0 Å². The van der Waals surface area contributed by atoms with Crippen LogP contribution in [-0.4, -0.2) is 36.9 Å². The van der Waals surface area contributed by atoms with Crippen LogP contribution in [0.3, 0.4) is 0 Å². The fraction of sp³-hybridized carbons (Fsp3) is 0. The van der Waals surface area contributed by atoms with Crippen LogP contribution in [0.15, 0.2) is 0 Å². The van der Waals surface area contributed by atoms with Gasteiger partial charge in [0, 0.05) is 0 Å². The van der Waals surface area contributed by atoms with Crippen molar-refractivity contribution in [3.05, 3.63) is 0 Å². The molecule has 0 spiro atoms. The Morgan fingerprint density at radius 1 is 0.286 bits per heavy atom. The molecule has 0 bridgehead atoms. The van der Waals surface area contributed by atoms with Gasteiger partial charge < -0.3 is 90.0 Å². The molecule has 28 heavy (non-hydrogen) atoms. The van der Waals surface area contributed by atoms with E-state index in [9.17, 15) is 0 Å². The van der Waals surface area contributed by atoms with E-state index in [0.29, 0.717) is 0 Å². The predicted octanol–water partition coefficient (Wildman–Crippen LogP) is -14.7. The molecule has 0 amide bonds. The molecular formula is C6Gd2O18Yb2. The second kappa shape index (κ2) is 56.6. The van der Waals surface area contributed by atoms with Gasteiger partial charge in [0.15, 0.2) is 0 Å². The first kappa shape index (κ1) is 63.0. The zero-order valence-corrected chi connectivity index (χ0v) is 19.6. The molecule has 0 heterocycles. The third kappa shape index (κ3) is 11000. The Kier molecular flexibility index (Phi) is 127. The molecule has 0 aromatic carbocycles. The molecule has 0 aliphatic carbocycles. The molecule has 0 aromatic heterocycles. The van der Waals surface area contributed by atoms with Gasteiger partial charge in [-0.15, -0.1) is 0 Å². The Labute approximate surface area is 294 Å². The monoisotopic (exact) mass is 1020 g/mol. The summed E-state index contributed by atoms with van der Waals surface area (Å²) in [6.45, 7) is 0. The van der Waals surface area contributed by atoms with Gasteiger partial charge >= 0.3 is 174 Å². The molecule has 0 saturated carbocycles. The maximum atomic E-state index is 8.33. The van der Waals surface area contributed by atoms with Crippen LogP contribution in [-0.2, 0) is 0 Å². The van der Waals surface area contributed by atoms with Gasteiger partial charge in [-0.2, -0.15) is 0 Å². The smallest absolute Gasteiger partial charge is 0.652 e. The van der Waals surface area contributed by atoms with E-state index in [4.69, 9.17) is 90.0 Å². The SMILES string of the molecule is O=C([O-])[O-].O=C([O-])[O-].O=C([O-])[O-].O=C([O-])[O-].O=C([O-])[O-].O=C([O-])[O-].[Gd+3].[Gd+3].[Yb+3].[Yb+3].